The highest BCUT2D eigenvalue weighted by molar-refractivity contribution is 6.33. The molecule has 3 aromatic heterocycles. The van der Waals surface area contributed by atoms with Gasteiger partial charge in [-0.3, -0.25) is 29.2 Å². The lowest BCUT2D eigenvalue weighted by atomic mass is 9.73. The van der Waals surface area contributed by atoms with Crippen molar-refractivity contribution in [3.05, 3.63) is 69.7 Å². The van der Waals surface area contributed by atoms with E-state index in [9.17, 15) is 19.2 Å². The number of aryl methyl sites for hydroxylation is 2. The molecule has 2 aromatic carbocycles. The number of imide groups is 1. The van der Waals surface area contributed by atoms with E-state index in [1.807, 2.05) is 29.9 Å². The number of fused-ring (bicyclic) bond motifs is 2. The molecule has 2 atom stereocenters. The Bertz CT molecular complexity index is 2410. The normalized spacial score (nSPS) is 20.3. The van der Waals surface area contributed by atoms with E-state index >= 15 is 0 Å². The van der Waals surface area contributed by atoms with Gasteiger partial charge in [0, 0.05) is 81.3 Å². The highest BCUT2D eigenvalue weighted by Gasteiger charge is 2.40. The van der Waals surface area contributed by atoms with Crippen LogP contribution >= 0.6 is 11.6 Å². The lowest BCUT2D eigenvalue weighted by Gasteiger charge is -2.49. The van der Waals surface area contributed by atoms with E-state index < -0.39 is 5.92 Å². The summed E-state index contributed by atoms with van der Waals surface area (Å²) in [6.07, 6.45) is 6.66. The Morgan fingerprint density at radius 1 is 1.02 bits per heavy atom. The lowest BCUT2D eigenvalue weighted by Crippen LogP contribution is -2.53. The molecule has 6 heterocycles. The smallest absolute Gasteiger partial charge is 0.293 e. The van der Waals surface area contributed by atoms with Crippen molar-refractivity contribution in [1.82, 2.24) is 34.9 Å². The van der Waals surface area contributed by atoms with Gasteiger partial charge in [-0.1, -0.05) is 11.6 Å². The molecule has 3 amide bonds. The van der Waals surface area contributed by atoms with Gasteiger partial charge in [0.2, 0.25) is 17.8 Å². The number of carbonyl (C=O) groups excluding carboxylic acids is 3. The van der Waals surface area contributed by atoms with Crippen molar-refractivity contribution in [3.63, 3.8) is 0 Å². The number of anilines is 4. The first-order valence-corrected chi connectivity index (χ1v) is 19.0. The van der Waals surface area contributed by atoms with E-state index in [1.54, 1.807) is 19.3 Å². The van der Waals surface area contributed by atoms with Gasteiger partial charge in [-0.05, 0) is 74.6 Å². The first kappa shape index (κ1) is 36.3. The molecule has 3 aliphatic rings. The summed E-state index contributed by atoms with van der Waals surface area (Å²) in [4.78, 5) is 63.3. The second-order valence-corrected chi connectivity index (χ2v) is 15.3. The molecule has 0 bridgehead atoms. The number of ether oxygens (including phenoxy) is 1. The van der Waals surface area contributed by atoms with E-state index in [-0.39, 0.29) is 41.1 Å². The summed E-state index contributed by atoms with van der Waals surface area (Å²) < 4.78 is 8.86. The van der Waals surface area contributed by atoms with Crippen molar-refractivity contribution in [2.24, 2.45) is 19.5 Å². The zero-order valence-corrected chi connectivity index (χ0v) is 31.8. The summed E-state index contributed by atoms with van der Waals surface area (Å²) in [5.74, 6) is -0.135. The third-order valence-electron chi connectivity index (χ3n) is 11.2. The number of amides is 3. The first-order chi connectivity index (χ1) is 26.5. The summed E-state index contributed by atoms with van der Waals surface area (Å²) in [6, 6.07) is 13.6. The maximum absolute atomic E-state index is 12.8. The average molecular weight is 767 g/mol. The third kappa shape index (κ3) is 7.04. The van der Waals surface area contributed by atoms with E-state index in [1.165, 1.54) is 11.6 Å². The molecule has 16 heteroatoms. The van der Waals surface area contributed by atoms with Gasteiger partial charge >= 0.3 is 0 Å². The number of aromatic nitrogens is 5. The van der Waals surface area contributed by atoms with E-state index in [4.69, 9.17) is 26.4 Å². The number of pyridine rings is 1. The molecule has 3 saturated heterocycles. The molecule has 0 aliphatic carbocycles. The quantitative estimate of drug-likeness (QED) is 0.194. The number of likely N-dealkylation sites (N-methyl/N-ethyl adjacent to an activating group) is 1. The van der Waals surface area contributed by atoms with Gasteiger partial charge in [-0.25, -0.2) is 4.98 Å². The molecule has 1 spiro atoms. The fourth-order valence-corrected chi connectivity index (χ4v) is 8.54. The van der Waals surface area contributed by atoms with Gasteiger partial charge in [0.25, 0.3) is 11.5 Å². The number of carbonyl (C=O) groups is 3. The molecule has 15 nitrogen and oxygen atoms in total. The van der Waals surface area contributed by atoms with Crippen LogP contribution in [-0.4, -0.2) is 81.9 Å². The average Bonchev–Trinajstić information content (AvgIpc) is 3.51. The van der Waals surface area contributed by atoms with Crippen LogP contribution in [0.4, 0.5) is 23.1 Å². The minimum Gasteiger partial charge on any atom is -0.478 e. The zero-order chi connectivity index (χ0) is 38.4. The largest absolute Gasteiger partial charge is 0.478 e. The maximum atomic E-state index is 12.8. The maximum Gasteiger partial charge on any atom is 0.293 e. The number of hydrogen-bond donors (Lipinski definition) is 3. The Balaban J connectivity index is 0.996. The van der Waals surface area contributed by atoms with Crippen LogP contribution in [0.1, 0.15) is 50.1 Å². The molecule has 8 rings (SSSR count). The standard InChI is InChI=1S/C39H43ClN10O5/c1-41-33(52)20-55-31-17-23-16-24(6-10-29(23)47(2)37(31)54)43-35-28(40)19-42-38(45-35)50-15-5-13-39(22-50)12-4-14-49(21-39)25-7-8-26-30(18-25)48(3)46-34(26)27-9-11-32(51)44-36(27)53/h6-8,10,16-19,27H,4-5,9,11-15,20-22H2,1-3H3,(H,41,52)(H,42,43,45)(H,44,51,53). The third-order valence-corrected chi connectivity index (χ3v) is 11.5. The molecule has 286 valence electrons. The van der Waals surface area contributed by atoms with Crippen molar-refractivity contribution in [1.29, 1.82) is 0 Å². The van der Waals surface area contributed by atoms with Crippen LogP contribution in [0.2, 0.25) is 5.02 Å². The summed E-state index contributed by atoms with van der Waals surface area (Å²) in [6.45, 7) is 3.20. The SMILES string of the molecule is CNC(=O)COc1cc2cc(Nc3nc(N4CCCC5(CCCN(c6ccc7c(C8CCC(=O)NC8=O)nn(C)c7c6)C5)C4)ncc3Cl)ccc2n(C)c1=O. The highest BCUT2D eigenvalue weighted by Crippen LogP contribution is 2.42. The van der Waals surface area contributed by atoms with E-state index in [2.05, 4.69) is 48.9 Å². The number of nitrogens with one attached hydrogen (secondary N) is 3. The van der Waals surface area contributed by atoms with Crippen LogP contribution in [0.5, 0.6) is 5.75 Å². The number of nitrogens with zero attached hydrogens (tertiary/aromatic N) is 7. The fraction of sp³-hybridized carbons (Fsp3) is 0.410. The minimum absolute atomic E-state index is 0.0399. The van der Waals surface area contributed by atoms with Gasteiger partial charge in [0.15, 0.2) is 18.2 Å². The van der Waals surface area contributed by atoms with Gasteiger partial charge < -0.3 is 29.7 Å². The van der Waals surface area contributed by atoms with Crippen LogP contribution in [0, 0.1) is 5.41 Å². The monoisotopic (exact) mass is 766 g/mol. The second-order valence-electron chi connectivity index (χ2n) is 14.9. The Hall–Kier alpha value is -5.70. The molecule has 5 aromatic rings. The van der Waals surface area contributed by atoms with Crippen LogP contribution in [0.3, 0.4) is 0 Å². The number of piperidine rings is 3. The molecule has 3 aliphatic heterocycles. The Morgan fingerprint density at radius 3 is 2.58 bits per heavy atom. The predicted octanol–water partition coefficient (Wildman–Crippen LogP) is 4.14. The summed E-state index contributed by atoms with van der Waals surface area (Å²) >= 11 is 6.64. The highest BCUT2D eigenvalue weighted by atomic mass is 35.5. The van der Waals surface area contributed by atoms with Crippen molar-refractivity contribution in [2.45, 2.75) is 44.4 Å². The second kappa shape index (κ2) is 14.5. The number of halogens is 1. The molecule has 0 saturated carbocycles. The van der Waals surface area contributed by atoms with Crippen molar-refractivity contribution in [3.8, 4) is 5.75 Å². The molecule has 2 unspecified atom stereocenters. The summed E-state index contributed by atoms with van der Waals surface area (Å²) in [5.41, 5.74) is 3.92. The number of rotatable bonds is 8. The number of hydrogen-bond acceptors (Lipinski definition) is 11. The number of benzene rings is 2. The predicted molar refractivity (Wildman–Crippen MR) is 210 cm³/mol. The molecular formula is C39H43ClN10O5. The van der Waals surface area contributed by atoms with Gasteiger partial charge in [-0.2, -0.15) is 10.1 Å². The van der Waals surface area contributed by atoms with Crippen molar-refractivity contribution < 1.29 is 19.1 Å². The topological polar surface area (TPSA) is 169 Å². The zero-order valence-electron chi connectivity index (χ0n) is 31.0. The minimum atomic E-state index is -0.441. The summed E-state index contributed by atoms with van der Waals surface area (Å²) in [5, 5.41) is 15.1. The van der Waals surface area contributed by atoms with Crippen molar-refractivity contribution >= 4 is 74.3 Å². The molecule has 55 heavy (non-hydrogen) atoms. The van der Waals surface area contributed by atoms with Gasteiger partial charge in [0.1, 0.15) is 5.02 Å². The Labute approximate surface area is 322 Å². The summed E-state index contributed by atoms with van der Waals surface area (Å²) in [7, 11) is 5.07. The van der Waals surface area contributed by atoms with Crippen LogP contribution < -0.4 is 36.0 Å². The van der Waals surface area contributed by atoms with Crippen LogP contribution in [-0.2, 0) is 28.5 Å². The van der Waals surface area contributed by atoms with Gasteiger partial charge in [-0.15, -0.1) is 0 Å². The molecule has 3 fully saturated rings. The van der Waals surface area contributed by atoms with Crippen LogP contribution in [0.15, 0.2) is 53.5 Å². The Kier molecular flexibility index (Phi) is 9.57. The van der Waals surface area contributed by atoms with E-state index in [0.29, 0.717) is 40.8 Å². The lowest BCUT2D eigenvalue weighted by molar-refractivity contribution is -0.134. The van der Waals surface area contributed by atoms with Gasteiger partial charge in [0.05, 0.1) is 28.8 Å². The molecule has 3 N–H and O–H groups in total. The van der Waals surface area contributed by atoms with Crippen molar-refractivity contribution in [2.75, 3.05) is 55.0 Å². The van der Waals surface area contributed by atoms with Crippen LogP contribution in [0.25, 0.3) is 21.8 Å². The molecular weight excluding hydrogens is 724 g/mol. The van der Waals surface area contributed by atoms with E-state index in [0.717, 1.165) is 79.5 Å². The Morgan fingerprint density at radius 2 is 1.80 bits per heavy atom. The first-order valence-electron chi connectivity index (χ1n) is 18.6. The molecule has 0 radical (unpaired) electrons. The fourth-order valence-electron chi connectivity index (χ4n) is 8.41.